The van der Waals surface area contributed by atoms with Crippen LogP contribution in [-0.2, 0) is 14.3 Å². The lowest BCUT2D eigenvalue weighted by Crippen LogP contribution is -2.53. The summed E-state index contributed by atoms with van der Waals surface area (Å²) in [4.78, 5) is 24.6. The van der Waals surface area contributed by atoms with Crippen LogP contribution in [-0.4, -0.2) is 47.2 Å². The number of carboxylic acid groups (broad SMARTS) is 1. The zero-order chi connectivity index (χ0) is 12.5. The number of carboxylic acids is 1. The van der Waals surface area contributed by atoms with Crippen LogP contribution < -0.4 is 0 Å². The third-order valence-electron chi connectivity index (χ3n) is 2.78. The van der Waals surface area contributed by atoms with Crippen LogP contribution in [0.3, 0.4) is 0 Å². The predicted molar refractivity (Wildman–Crippen MR) is 58.0 cm³/mol. The number of amides is 1. The standard InChI is InChI=1S/C11H19NO4/c1-7-5-12(6-8(2)16-7)9(13)11(3,4)10(14)15/h7-8H,5-6H2,1-4H3,(H,14,15). The molecule has 0 radical (unpaired) electrons. The third-order valence-corrected chi connectivity index (χ3v) is 2.78. The summed E-state index contributed by atoms with van der Waals surface area (Å²) in [5, 5.41) is 9.00. The van der Waals surface area contributed by atoms with Gasteiger partial charge in [-0.05, 0) is 27.7 Å². The van der Waals surface area contributed by atoms with E-state index in [-0.39, 0.29) is 18.1 Å². The van der Waals surface area contributed by atoms with Gasteiger partial charge >= 0.3 is 5.97 Å². The van der Waals surface area contributed by atoms with Crippen LogP contribution in [0.2, 0.25) is 0 Å². The second kappa shape index (κ2) is 4.41. The molecule has 92 valence electrons. The van der Waals surface area contributed by atoms with Gasteiger partial charge in [-0.1, -0.05) is 0 Å². The van der Waals surface area contributed by atoms with Crippen molar-refractivity contribution in [1.29, 1.82) is 0 Å². The molecule has 1 N–H and O–H groups in total. The molecule has 1 amide bonds. The largest absolute Gasteiger partial charge is 0.480 e. The van der Waals surface area contributed by atoms with Gasteiger partial charge < -0.3 is 14.7 Å². The van der Waals surface area contributed by atoms with Crippen molar-refractivity contribution >= 4 is 11.9 Å². The van der Waals surface area contributed by atoms with Gasteiger partial charge in [0, 0.05) is 13.1 Å². The van der Waals surface area contributed by atoms with E-state index in [0.29, 0.717) is 13.1 Å². The summed E-state index contributed by atoms with van der Waals surface area (Å²) in [5.74, 6) is -1.44. The van der Waals surface area contributed by atoms with E-state index >= 15 is 0 Å². The van der Waals surface area contributed by atoms with Crippen molar-refractivity contribution in [3.8, 4) is 0 Å². The zero-order valence-corrected chi connectivity index (χ0v) is 10.2. The molecule has 0 bridgehead atoms. The van der Waals surface area contributed by atoms with E-state index in [1.165, 1.54) is 13.8 Å². The molecule has 1 aliphatic heterocycles. The van der Waals surface area contributed by atoms with Crippen molar-refractivity contribution in [3.63, 3.8) is 0 Å². The van der Waals surface area contributed by atoms with Crippen molar-refractivity contribution in [2.45, 2.75) is 39.9 Å². The number of carbonyl (C=O) groups excluding carboxylic acids is 1. The minimum absolute atomic E-state index is 0.0442. The molecule has 0 aromatic rings. The maximum absolute atomic E-state index is 12.0. The molecule has 1 rings (SSSR count). The average molecular weight is 229 g/mol. The van der Waals surface area contributed by atoms with Crippen LogP contribution in [0.4, 0.5) is 0 Å². The Morgan fingerprint density at radius 1 is 1.25 bits per heavy atom. The lowest BCUT2D eigenvalue weighted by molar-refractivity contribution is -0.164. The highest BCUT2D eigenvalue weighted by Gasteiger charge is 2.41. The summed E-state index contributed by atoms with van der Waals surface area (Å²) < 4.78 is 5.50. The maximum atomic E-state index is 12.0. The molecule has 0 aliphatic carbocycles. The highest BCUT2D eigenvalue weighted by molar-refractivity contribution is 6.01. The summed E-state index contributed by atoms with van der Waals surface area (Å²) in [5.41, 5.74) is -1.36. The van der Waals surface area contributed by atoms with Gasteiger partial charge in [0.2, 0.25) is 5.91 Å². The molecule has 0 aromatic carbocycles. The van der Waals surface area contributed by atoms with Crippen molar-refractivity contribution < 1.29 is 19.4 Å². The summed E-state index contributed by atoms with van der Waals surface area (Å²) in [6.07, 6.45) is -0.0883. The van der Waals surface area contributed by atoms with E-state index in [9.17, 15) is 9.59 Å². The van der Waals surface area contributed by atoms with Crippen molar-refractivity contribution in [2.75, 3.05) is 13.1 Å². The Morgan fingerprint density at radius 2 is 1.69 bits per heavy atom. The molecule has 5 nitrogen and oxygen atoms in total. The number of hydrogen-bond acceptors (Lipinski definition) is 3. The first-order valence-electron chi connectivity index (χ1n) is 5.43. The summed E-state index contributed by atoms with van der Waals surface area (Å²) in [6, 6.07) is 0. The van der Waals surface area contributed by atoms with Gasteiger partial charge in [0.05, 0.1) is 12.2 Å². The first-order valence-corrected chi connectivity index (χ1v) is 5.43. The average Bonchev–Trinajstić information content (AvgIpc) is 2.14. The Labute approximate surface area is 95.4 Å². The normalized spacial score (nSPS) is 26.6. The van der Waals surface area contributed by atoms with Gasteiger partial charge in [0.15, 0.2) is 0 Å². The van der Waals surface area contributed by atoms with Crippen LogP contribution >= 0.6 is 0 Å². The van der Waals surface area contributed by atoms with Crippen LogP contribution in [0, 0.1) is 5.41 Å². The molecule has 1 heterocycles. The number of carbonyl (C=O) groups is 2. The Morgan fingerprint density at radius 3 is 2.06 bits per heavy atom. The second-order valence-corrected chi connectivity index (χ2v) is 4.90. The highest BCUT2D eigenvalue weighted by atomic mass is 16.5. The molecule has 1 saturated heterocycles. The van der Waals surface area contributed by atoms with Crippen molar-refractivity contribution in [3.05, 3.63) is 0 Å². The fraction of sp³-hybridized carbons (Fsp3) is 0.818. The molecule has 16 heavy (non-hydrogen) atoms. The van der Waals surface area contributed by atoms with Gasteiger partial charge in [-0.15, -0.1) is 0 Å². The summed E-state index contributed by atoms with van der Waals surface area (Å²) >= 11 is 0. The van der Waals surface area contributed by atoms with Crippen LogP contribution in [0.15, 0.2) is 0 Å². The monoisotopic (exact) mass is 229 g/mol. The molecular formula is C11H19NO4. The number of nitrogens with zero attached hydrogens (tertiary/aromatic N) is 1. The van der Waals surface area contributed by atoms with E-state index in [1.807, 2.05) is 13.8 Å². The van der Waals surface area contributed by atoms with E-state index < -0.39 is 11.4 Å². The molecular weight excluding hydrogens is 210 g/mol. The minimum Gasteiger partial charge on any atom is -0.480 e. The number of morpholine rings is 1. The highest BCUT2D eigenvalue weighted by Crippen LogP contribution is 2.22. The van der Waals surface area contributed by atoms with Gasteiger partial charge in [0.25, 0.3) is 0 Å². The van der Waals surface area contributed by atoms with Crippen molar-refractivity contribution in [1.82, 2.24) is 4.90 Å². The van der Waals surface area contributed by atoms with Gasteiger partial charge in [-0.25, -0.2) is 0 Å². The van der Waals surface area contributed by atoms with Gasteiger partial charge in [-0.2, -0.15) is 0 Å². The Balaban J connectivity index is 2.77. The van der Waals surface area contributed by atoms with Crippen LogP contribution in [0.1, 0.15) is 27.7 Å². The Bertz CT molecular complexity index is 290. The minimum atomic E-state index is -1.36. The topological polar surface area (TPSA) is 66.8 Å². The summed E-state index contributed by atoms with van der Waals surface area (Å²) in [6.45, 7) is 7.54. The lowest BCUT2D eigenvalue weighted by atomic mass is 9.91. The zero-order valence-electron chi connectivity index (χ0n) is 10.2. The van der Waals surface area contributed by atoms with Gasteiger partial charge in [0.1, 0.15) is 5.41 Å². The number of ether oxygens (including phenoxy) is 1. The molecule has 0 aromatic heterocycles. The summed E-state index contributed by atoms with van der Waals surface area (Å²) in [7, 11) is 0. The lowest BCUT2D eigenvalue weighted by Gasteiger charge is -2.38. The van der Waals surface area contributed by atoms with E-state index in [1.54, 1.807) is 4.90 Å². The fourth-order valence-electron chi connectivity index (χ4n) is 1.83. The van der Waals surface area contributed by atoms with Gasteiger partial charge in [-0.3, -0.25) is 9.59 Å². The predicted octanol–water partition coefficient (Wildman–Crippen LogP) is 0.733. The SMILES string of the molecule is CC1CN(C(=O)C(C)(C)C(=O)O)CC(C)O1. The maximum Gasteiger partial charge on any atom is 0.318 e. The smallest absolute Gasteiger partial charge is 0.318 e. The van der Waals surface area contributed by atoms with Crippen molar-refractivity contribution in [2.24, 2.45) is 5.41 Å². The van der Waals surface area contributed by atoms with Crippen LogP contribution in [0.5, 0.6) is 0 Å². The molecule has 0 saturated carbocycles. The number of rotatable bonds is 2. The number of hydrogen-bond donors (Lipinski definition) is 1. The fourth-order valence-corrected chi connectivity index (χ4v) is 1.83. The second-order valence-electron chi connectivity index (χ2n) is 4.90. The Hall–Kier alpha value is -1.10. The molecule has 5 heteroatoms. The first kappa shape index (κ1) is 13.0. The first-order chi connectivity index (χ1) is 7.25. The molecule has 2 atom stereocenters. The van der Waals surface area contributed by atoms with E-state index in [2.05, 4.69) is 0 Å². The van der Waals surface area contributed by atoms with E-state index in [0.717, 1.165) is 0 Å². The quantitative estimate of drug-likeness (QED) is 0.709. The van der Waals surface area contributed by atoms with Crippen LogP contribution in [0.25, 0.3) is 0 Å². The number of aliphatic carboxylic acids is 1. The molecule has 1 fully saturated rings. The molecule has 2 unspecified atom stereocenters. The molecule has 1 aliphatic rings. The third kappa shape index (κ3) is 2.52. The Kier molecular flexibility index (Phi) is 3.57. The van der Waals surface area contributed by atoms with E-state index in [4.69, 9.17) is 9.84 Å². The molecule has 0 spiro atoms.